The Morgan fingerprint density at radius 1 is 1.50 bits per heavy atom. The summed E-state index contributed by atoms with van der Waals surface area (Å²) in [7, 11) is 1.35. The summed E-state index contributed by atoms with van der Waals surface area (Å²) in [5.41, 5.74) is 5.00. The average Bonchev–Trinajstić information content (AvgIpc) is 2.93. The van der Waals surface area contributed by atoms with Crippen LogP contribution in [0.3, 0.4) is 0 Å². The Kier molecular flexibility index (Phi) is 5.48. The third kappa shape index (κ3) is 4.05. The number of rotatable bonds is 6. The number of aromatic nitrogens is 1. The number of carbonyl (C=O) groups excluding carboxylic acids is 1. The molecule has 0 atom stereocenters. The molecule has 0 unspecified atom stereocenters. The van der Waals surface area contributed by atoms with Gasteiger partial charge >= 0.3 is 5.97 Å². The van der Waals surface area contributed by atoms with Crippen molar-refractivity contribution < 1.29 is 14.3 Å². The molecule has 2 aromatic rings. The van der Waals surface area contributed by atoms with Gasteiger partial charge in [-0.1, -0.05) is 0 Å². The van der Waals surface area contributed by atoms with E-state index in [1.807, 2.05) is 19.2 Å². The van der Waals surface area contributed by atoms with E-state index >= 15 is 0 Å². The van der Waals surface area contributed by atoms with Gasteiger partial charge in [-0.25, -0.2) is 9.78 Å². The van der Waals surface area contributed by atoms with Crippen LogP contribution in [0, 0.1) is 6.92 Å². The van der Waals surface area contributed by atoms with Crippen LogP contribution < -0.4 is 10.2 Å². The van der Waals surface area contributed by atoms with E-state index in [-0.39, 0.29) is 0 Å². The number of nitrogens with zero attached hydrogens (tertiary/aromatic N) is 2. The smallest absolute Gasteiger partial charge is 0.337 e. The van der Waals surface area contributed by atoms with E-state index in [9.17, 15) is 4.79 Å². The first-order valence-electron chi connectivity index (χ1n) is 6.70. The van der Waals surface area contributed by atoms with Crippen molar-refractivity contribution >= 4 is 28.7 Å². The van der Waals surface area contributed by atoms with E-state index in [1.165, 1.54) is 18.4 Å². The molecule has 0 saturated heterocycles. The Hall–Kier alpha value is -2.41. The molecule has 0 fully saturated rings. The van der Waals surface area contributed by atoms with Crippen molar-refractivity contribution in [1.82, 2.24) is 4.98 Å². The van der Waals surface area contributed by atoms with E-state index in [4.69, 9.17) is 9.47 Å². The van der Waals surface area contributed by atoms with Crippen LogP contribution >= 0.6 is 11.3 Å². The van der Waals surface area contributed by atoms with E-state index in [2.05, 4.69) is 15.5 Å². The topological polar surface area (TPSA) is 72.8 Å². The van der Waals surface area contributed by atoms with E-state index in [1.54, 1.807) is 24.4 Å². The lowest BCUT2D eigenvalue weighted by molar-refractivity contribution is 0.0600. The second-order valence-corrected chi connectivity index (χ2v) is 5.20. The molecule has 0 aliphatic rings. The predicted octanol–water partition coefficient (Wildman–Crippen LogP) is 3.08. The lowest BCUT2D eigenvalue weighted by atomic mass is 10.1. The maximum Gasteiger partial charge on any atom is 0.337 e. The van der Waals surface area contributed by atoms with Crippen molar-refractivity contribution in [3.63, 3.8) is 0 Å². The van der Waals surface area contributed by atoms with Crippen molar-refractivity contribution in [3.05, 3.63) is 40.4 Å². The van der Waals surface area contributed by atoms with Gasteiger partial charge in [-0.3, -0.25) is 5.43 Å². The van der Waals surface area contributed by atoms with Gasteiger partial charge in [0.15, 0.2) is 0 Å². The summed E-state index contributed by atoms with van der Waals surface area (Å²) in [5, 5.41) is 6.80. The summed E-state index contributed by atoms with van der Waals surface area (Å²) in [4.78, 5) is 15.8. The molecule has 0 amide bonds. The maximum absolute atomic E-state index is 11.6. The number of hydrazone groups is 1. The molecule has 0 radical (unpaired) electrons. The van der Waals surface area contributed by atoms with Crippen LogP contribution in [0.25, 0.3) is 0 Å². The Balaban J connectivity index is 2.16. The van der Waals surface area contributed by atoms with E-state index in [0.717, 1.165) is 16.4 Å². The molecule has 0 aliphatic heterocycles. The van der Waals surface area contributed by atoms with Gasteiger partial charge in [0.2, 0.25) is 5.13 Å². The monoisotopic (exact) mass is 319 g/mol. The predicted molar refractivity (Wildman–Crippen MR) is 87.0 cm³/mol. The van der Waals surface area contributed by atoms with Crippen LogP contribution in [0.4, 0.5) is 5.13 Å². The summed E-state index contributed by atoms with van der Waals surface area (Å²) in [6.07, 6.45) is 1.63. The maximum atomic E-state index is 11.6. The van der Waals surface area contributed by atoms with Crippen LogP contribution in [0.2, 0.25) is 0 Å². The molecular formula is C15H17N3O3S. The minimum atomic E-state index is -0.402. The normalized spacial score (nSPS) is 10.7. The summed E-state index contributed by atoms with van der Waals surface area (Å²) in [6, 6.07) is 5.07. The number of hydrogen-bond donors (Lipinski definition) is 1. The summed E-state index contributed by atoms with van der Waals surface area (Å²) < 4.78 is 10.2. The largest absolute Gasteiger partial charge is 0.493 e. The second kappa shape index (κ2) is 7.56. The van der Waals surface area contributed by atoms with Gasteiger partial charge in [-0.15, -0.1) is 11.3 Å². The fourth-order valence-electron chi connectivity index (χ4n) is 1.73. The number of aryl methyl sites for hydroxylation is 1. The average molecular weight is 319 g/mol. The summed E-state index contributed by atoms with van der Waals surface area (Å²) in [6.45, 7) is 4.29. The standard InChI is InChI=1S/C15H17N3O3S/c1-4-21-13-7-11(14(19)20-3)5-6-12(13)8-16-18-15-17-10(2)9-22-15/h5-9H,4H2,1-3H3,(H,17,18). The minimum Gasteiger partial charge on any atom is -0.493 e. The number of ether oxygens (including phenoxy) is 2. The fraction of sp³-hybridized carbons (Fsp3) is 0.267. The number of benzene rings is 1. The Morgan fingerprint density at radius 3 is 2.95 bits per heavy atom. The third-order valence-electron chi connectivity index (χ3n) is 2.72. The van der Waals surface area contributed by atoms with Crippen LogP contribution in [0.15, 0.2) is 28.7 Å². The van der Waals surface area contributed by atoms with Crippen molar-refractivity contribution in [3.8, 4) is 5.75 Å². The second-order valence-electron chi connectivity index (χ2n) is 4.34. The highest BCUT2D eigenvalue weighted by atomic mass is 32.1. The summed E-state index contributed by atoms with van der Waals surface area (Å²) >= 11 is 1.48. The van der Waals surface area contributed by atoms with Crippen LogP contribution in [0.5, 0.6) is 5.75 Å². The molecule has 0 saturated carbocycles. The van der Waals surface area contributed by atoms with Gasteiger partial charge in [-0.2, -0.15) is 5.10 Å². The van der Waals surface area contributed by atoms with Crippen LogP contribution in [-0.4, -0.2) is 30.9 Å². The SMILES string of the molecule is CCOc1cc(C(=O)OC)ccc1C=NNc1nc(C)cs1. The molecule has 116 valence electrons. The molecule has 2 rings (SSSR count). The molecular weight excluding hydrogens is 302 g/mol. The number of carbonyl (C=O) groups is 1. The zero-order chi connectivity index (χ0) is 15.9. The molecule has 0 bridgehead atoms. The molecule has 1 aromatic heterocycles. The molecule has 0 spiro atoms. The molecule has 1 N–H and O–H groups in total. The molecule has 6 nitrogen and oxygen atoms in total. The van der Waals surface area contributed by atoms with Gasteiger partial charge in [-0.05, 0) is 32.0 Å². The van der Waals surface area contributed by atoms with Crippen LogP contribution in [-0.2, 0) is 4.74 Å². The minimum absolute atomic E-state index is 0.402. The first-order valence-corrected chi connectivity index (χ1v) is 7.58. The zero-order valence-corrected chi connectivity index (χ0v) is 13.4. The zero-order valence-electron chi connectivity index (χ0n) is 12.6. The van der Waals surface area contributed by atoms with Gasteiger partial charge < -0.3 is 9.47 Å². The molecule has 22 heavy (non-hydrogen) atoms. The Bertz CT molecular complexity index is 682. The van der Waals surface area contributed by atoms with Gasteiger partial charge in [0, 0.05) is 10.9 Å². The number of nitrogens with one attached hydrogen (secondary N) is 1. The van der Waals surface area contributed by atoms with Crippen molar-refractivity contribution in [2.24, 2.45) is 5.10 Å². The van der Waals surface area contributed by atoms with Crippen molar-refractivity contribution in [2.45, 2.75) is 13.8 Å². The number of hydrogen-bond acceptors (Lipinski definition) is 7. The third-order valence-corrected chi connectivity index (χ3v) is 3.58. The number of anilines is 1. The summed E-state index contributed by atoms with van der Waals surface area (Å²) in [5.74, 6) is 0.173. The fourth-order valence-corrected chi connectivity index (χ4v) is 2.37. The molecule has 0 aliphatic carbocycles. The van der Waals surface area contributed by atoms with Gasteiger partial charge in [0.1, 0.15) is 5.75 Å². The first-order chi connectivity index (χ1) is 10.6. The molecule has 7 heteroatoms. The highest BCUT2D eigenvalue weighted by Gasteiger charge is 2.09. The lowest BCUT2D eigenvalue weighted by Gasteiger charge is -2.08. The Labute approximate surface area is 132 Å². The number of esters is 1. The first kappa shape index (κ1) is 16.0. The van der Waals surface area contributed by atoms with Crippen LogP contribution in [0.1, 0.15) is 28.5 Å². The highest BCUT2D eigenvalue weighted by molar-refractivity contribution is 7.13. The quantitative estimate of drug-likeness (QED) is 0.503. The highest BCUT2D eigenvalue weighted by Crippen LogP contribution is 2.20. The van der Waals surface area contributed by atoms with E-state index in [0.29, 0.717) is 17.9 Å². The lowest BCUT2D eigenvalue weighted by Crippen LogP contribution is -2.04. The molecule has 1 heterocycles. The Morgan fingerprint density at radius 2 is 2.32 bits per heavy atom. The van der Waals surface area contributed by atoms with E-state index < -0.39 is 5.97 Å². The number of methoxy groups -OCH3 is 1. The van der Waals surface area contributed by atoms with Crippen molar-refractivity contribution in [1.29, 1.82) is 0 Å². The molecule has 1 aromatic carbocycles. The van der Waals surface area contributed by atoms with Gasteiger partial charge in [0.05, 0.1) is 31.2 Å². The van der Waals surface area contributed by atoms with Crippen molar-refractivity contribution in [2.75, 3.05) is 19.1 Å². The van der Waals surface area contributed by atoms with Gasteiger partial charge in [0.25, 0.3) is 0 Å². The number of thiazole rings is 1.